The quantitative estimate of drug-likeness (QED) is 0.720. The van der Waals surface area contributed by atoms with Crippen LogP contribution in [0, 0.1) is 5.92 Å². The molecule has 2 heterocycles. The van der Waals surface area contributed by atoms with E-state index in [0.29, 0.717) is 36.7 Å². The van der Waals surface area contributed by atoms with Gasteiger partial charge in [0.1, 0.15) is 0 Å². The van der Waals surface area contributed by atoms with Crippen LogP contribution in [-0.4, -0.2) is 45.4 Å². The minimum atomic E-state index is -0.0973. The fraction of sp³-hybridized carbons (Fsp3) is 0.450. The van der Waals surface area contributed by atoms with Crippen LogP contribution in [-0.2, 0) is 11.3 Å². The number of carbonyl (C=O) groups excluding carboxylic acids is 2. The monoisotopic (exact) mass is 441 g/mol. The number of hydrogen-bond donors (Lipinski definition) is 2. The average molecular weight is 442 g/mol. The predicted octanol–water partition coefficient (Wildman–Crippen LogP) is 2.95. The summed E-state index contributed by atoms with van der Waals surface area (Å²) in [5, 5.41) is 2.87. The molecule has 1 fully saturated rings. The summed E-state index contributed by atoms with van der Waals surface area (Å²) in [4.78, 5) is 30.9. The molecule has 160 valence electrons. The summed E-state index contributed by atoms with van der Waals surface area (Å²) >= 11 is 0. The molecule has 2 atom stereocenters. The number of piperidine rings is 1. The predicted molar refractivity (Wildman–Crippen MR) is 119 cm³/mol. The van der Waals surface area contributed by atoms with Gasteiger partial charge in [0, 0.05) is 55.7 Å². The largest absolute Gasteiger partial charge is 0.337 e. The van der Waals surface area contributed by atoms with Gasteiger partial charge in [-0.2, -0.15) is 0 Å². The van der Waals surface area contributed by atoms with Crippen LogP contribution in [0.25, 0.3) is 0 Å². The van der Waals surface area contributed by atoms with Crippen LogP contribution in [0.3, 0.4) is 0 Å². The van der Waals surface area contributed by atoms with Crippen molar-refractivity contribution in [1.82, 2.24) is 14.5 Å². The molecule has 1 saturated heterocycles. The Hall–Kier alpha value is -2.09. The van der Waals surface area contributed by atoms with E-state index < -0.39 is 0 Å². The number of rotatable bonds is 6. The molecule has 1 aromatic carbocycles. The second-order valence-electron chi connectivity index (χ2n) is 7.20. The number of aromatic nitrogens is 2. The van der Waals surface area contributed by atoms with Gasteiger partial charge in [0.25, 0.3) is 5.91 Å². The van der Waals surface area contributed by atoms with E-state index in [0.717, 1.165) is 19.4 Å². The zero-order valence-corrected chi connectivity index (χ0v) is 18.1. The van der Waals surface area contributed by atoms with E-state index in [9.17, 15) is 9.59 Å². The standard InChI is InChI=1S/C20H27N5O2.2ClH/c1-15-5-9-25(18(11-15)13-21)20(27)16-3-2-4-17(12-16)23-19(26)6-8-24-10-7-22-14-24;;/h2-4,7,10,12,14-15,18H,5-6,8-9,11,13,21H2,1H3,(H,23,26);2*1H. The number of anilines is 1. The summed E-state index contributed by atoms with van der Waals surface area (Å²) < 4.78 is 1.85. The Morgan fingerprint density at radius 3 is 2.79 bits per heavy atom. The molecule has 29 heavy (non-hydrogen) atoms. The van der Waals surface area contributed by atoms with Crippen LogP contribution >= 0.6 is 24.8 Å². The number of imidazole rings is 1. The van der Waals surface area contributed by atoms with Crippen molar-refractivity contribution in [2.75, 3.05) is 18.4 Å². The molecule has 1 aromatic heterocycles. The zero-order chi connectivity index (χ0) is 19.2. The van der Waals surface area contributed by atoms with Crippen LogP contribution in [0.4, 0.5) is 5.69 Å². The molecule has 9 heteroatoms. The van der Waals surface area contributed by atoms with Crippen LogP contribution in [0.2, 0.25) is 0 Å². The Morgan fingerprint density at radius 1 is 1.31 bits per heavy atom. The van der Waals surface area contributed by atoms with Crippen molar-refractivity contribution < 1.29 is 9.59 Å². The summed E-state index contributed by atoms with van der Waals surface area (Å²) in [5.74, 6) is 0.468. The number of nitrogens with one attached hydrogen (secondary N) is 1. The minimum Gasteiger partial charge on any atom is -0.337 e. The minimum absolute atomic E-state index is 0. The zero-order valence-electron chi connectivity index (χ0n) is 16.5. The van der Waals surface area contributed by atoms with Gasteiger partial charge in [-0.25, -0.2) is 4.98 Å². The van der Waals surface area contributed by atoms with Crippen LogP contribution < -0.4 is 11.1 Å². The summed E-state index contributed by atoms with van der Waals surface area (Å²) in [5.41, 5.74) is 7.09. The number of benzene rings is 1. The van der Waals surface area contributed by atoms with Gasteiger partial charge in [0.15, 0.2) is 0 Å². The molecule has 2 amide bonds. The molecule has 0 bridgehead atoms. The molecule has 0 radical (unpaired) electrons. The van der Waals surface area contributed by atoms with Gasteiger partial charge >= 0.3 is 0 Å². The number of hydrogen-bond acceptors (Lipinski definition) is 4. The number of aryl methyl sites for hydroxylation is 1. The topological polar surface area (TPSA) is 93.2 Å². The maximum Gasteiger partial charge on any atom is 0.254 e. The molecule has 0 aliphatic carbocycles. The maximum absolute atomic E-state index is 12.9. The maximum atomic E-state index is 12.9. The fourth-order valence-electron chi connectivity index (χ4n) is 3.51. The van der Waals surface area contributed by atoms with Crippen molar-refractivity contribution in [1.29, 1.82) is 0 Å². The number of likely N-dealkylation sites (tertiary alicyclic amines) is 1. The highest BCUT2D eigenvalue weighted by Gasteiger charge is 2.29. The number of nitrogens with zero attached hydrogens (tertiary/aromatic N) is 3. The number of amides is 2. The molecule has 2 unspecified atom stereocenters. The lowest BCUT2D eigenvalue weighted by atomic mass is 9.92. The van der Waals surface area contributed by atoms with Crippen molar-refractivity contribution >= 4 is 42.3 Å². The van der Waals surface area contributed by atoms with E-state index in [4.69, 9.17) is 5.73 Å². The third kappa shape index (κ3) is 6.73. The Balaban J connectivity index is 0.00000210. The normalized spacial score (nSPS) is 18.3. The van der Waals surface area contributed by atoms with Gasteiger partial charge in [-0.1, -0.05) is 13.0 Å². The lowest BCUT2D eigenvalue weighted by molar-refractivity contribution is -0.116. The summed E-state index contributed by atoms with van der Waals surface area (Å²) in [6.07, 6.45) is 7.45. The lowest BCUT2D eigenvalue weighted by Gasteiger charge is -2.38. The van der Waals surface area contributed by atoms with E-state index in [1.807, 2.05) is 15.7 Å². The van der Waals surface area contributed by atoms with Crippen LogP contribution in [0.5, 0.6) is 0 Å². The van der Waals surface area contributed by atoms with Crippen LogP contribution in [0.1, 0.15) is 36.5 Å². The van der Waals surface area contributed by atoms with Gasteiger partial charge in [-0.15, -0.1) is 24.8 Å². The van der Waals surface area contributed by atoms with Crippen LogP contribution in [0.15, 0.2) is 43.0 Å². The first-order valence-electron chi connectivity index (χ1n) is 9.43. The first kappa shape index (κ1) is 24.9. The molecule has 7 nitrogen and oxygen atoms in total. The Bertz CT molecular complexity index is 785. The summed E-state index contributed by atoms with van der Waals surface area (Å²) in [7, 11) is 0. The van der Waals surface area contributed by atoms with Gasteiger partial charge < -0.3 is 20.5 Å². The van der Waals surface area contributed by atoms with Gasteiger partial charge in [0.2, 0.25) is 5.91 Å². The first-order chi connectivity index (χ1) is 13.1. The molecule has 3 rings (SSSR count). The highest BCUT2D eigenvalue weighted by Crippen LogP contribution is 2.24. The van der Waals surface area contributed by atoms with Crippen molar-refractivity contribution in [3.8, 4) is 0 Å². The Kier molecular flexibility index (Phi) is 10.2. The molecule has 1 aliphatic rings. The van der Waals surface area contributed by atoms with Crippen molar-refractivity contribution in [2.45, 2.75) is 38.8 Å². The molecule has 0 saturated carbocycles. The molecular formula is C20H29Cl2N5O2. The second kappa shape index (κ2) is 11.8. The summed E-state index contributed by atoms with van der Waals surface area (Å²) in [6.45, 7) is 3.96. The number of carbonyl (C=O) groups is 2. The lowest BCUT2D eigenvalue weighted by Crippen LogP contribution is -2.49. The van der Waals surface area contributed by atoms with Gasteiger partial charge in [-0.3, -0.25) is 9.59 Å². The van der Waals surface area contributed by atoms with E-state index in [-0.39, 0.29) is 42.7 Å². The Labute approximate surface area is 183 Å². The number of halogens is 2. The molecule has 2 aromatic rings. The fourth-order valence-corrected chi connectivity index (χ4v) is 3.51. The molecule has 0 spiro atoms. The van der Waals surface area contributed by atoms with E-state index in [1.54, 1.807) is 36.8 Å². The van der Waals surface area contributed by atoms with E-state index >= 15 is 0 Å². The van der Waals surface area contributed by atoms with Crippen molar-refractivity contribution in [3.63, 3.8) is 0 Å². The smallest absolute Gasteiger partial charge is 0.254 e. The first-order valence-corrected chi connectivity index (χ1v) is 9.43. The average Bonchev–Trinajstić information content (AvgIpc) is 3.19. The van der Waals surface area contributed by atoms with Gasteiger partial charge in [-0.05, 0) is 37.0 Å². The van der Waals surface area contributed by atoms with Gasteiger partial charge in [0.05, 0.1) is 6.33 Å². The molecule has 1 aliphatic heterocycles. The van der Waals surface area contributed by atoms with Crippen molar-refractivity contribution in [2.24, 2.45) is 11.7 Å². The summed E-state index contributed by atoms with van der Waals surface area (Å²) in [6, 6.07) is 7.19. The third-order valence-corrected chi connectivity index (χ3v) is 5.06. The molecule has 3 N–H and O–H groups in total. The highest BCUT2D eigenvalue weighted by molar-refractivity contribution is 5.97. The SMILES string of the molecule is CC1CCN(C(=O)c2cccc(NC(=O)CCn3ccnc3)c2)C(CN)C1.Cl.Cl. The third-order valence-electron chi connectivity index (χ3n) is 5.06. The highest BCUT2D eigenvalue weighted by atomic mass is 35.5. The Morgan fingerprint density at radius 2 is 2.10 bits per heavy atom. The second-order valence-corrected chi connectivity index (χ2v) is 7.20. The van der Waals surface area contributed by atoms with E-state index in [2.05, 4.69) is 17.2 Å². The van der Waals surface area contributed by atoms with Crippen molar-refractivity contribution in [3.05, 3.63) is 48.5 Å². The van der Waals surface area contributed by atoms with E-state index in [1.165, 1.54) is 0 Å². The number of nitrogens with two attached hydrogens (primary N) is 1. The molecular weight excluding hydrogens is 413 g/mol.